The summed E-state index contributed by atoms with van der Waals surface area (Å²) in [5.41, 5.74) is 2.26. The van der Waals surface area contributed by atoms with Gasteiger partial charge in [-0.3, -0.25) is 4.79 Å². The zero-order valence-corrected chi connectivity index (χ0v) is 15.3. The molecule has 1 amide bonds. The second-order valence-electron chi connectivity index (χ2n) is 7.50. The van der Waals surface area contributed by atoms with Gasteiger partial charge in [0.25, 0.3) is 0 Å². The van der Waals surface area contributed by atoms with Crippen LogP contribution in [0, 0.1) is 6.92 Å². The molecule has 0 unspecified atom stereocenters. The third-order valence-corrected chi connectivity index (χ3v) is 4.24. The molecule has 1 fully saturated rings. The van der Waals surface area contributed by atoms with E-state index in [1.807, 2.05) is 45.9 Å². The van der Waals surface area contributed by atoms with E-state index in [0.29, 0.717) is 31.6 Å². The first kappa shape index (κ1) is 17.3. The molecule has 0 bridgehead atoms. The predicted molar refractivity (Wildman–Crippen MR) is 99.3 cm³/mol. The molecule has 25 heavy (non-hydrogen) atoms. The Morgan fingerprint density at radius 1 is 1.12 bits per heavy atom. The first-order valence-electron chi connectivity index (χ1n) is 8.59. The predicted octanol–water partition coefficient (Wildman–Crippen LogP) is 2.89. The summed E-state index contributed by atoms with van der Waals surface area (Å²) in [7, 11) is 0. The minimum Gasteiger partial charge on any atom is -0.444 e. The van der Waals surface area contributed by atoms with E-state index in [4.69, 9.17) is 4.74 Å². The SMILES string of the molecule is Cc1cc(=O)c2cc(N3CCN(C(=O)OC(C)(C)C)CC3)ccc2[nH]1. The van der Waals surface area contributed by atoms with Crippen LogP contribution in [-0.4, -0.2) is 47.8 Å². The van der Waals surface area contributed by atoms with E-state index in [0.717, 1.165) is 16.9 Å². The van der Waals surface area contributed by atoms with Gasteiger partial charge in [-0.05, 0) is 45.9 Å². The van der Waals surface area contributed by atoms with Crippen molar-refractivity contribution in [3.05, 3.63) is 40.2 Å². The molecular formula is C19H25N3O3. The molecular weight excluding hydrogens is 318 g/mol. The largest absolute Gasteiger partial charge is 0.444 e. The Balaban J connectivity index is 1.72. The van der Waals surface area contributed by atoms with Crippen LogP contribution in [0.5, 0.6) is 0 Å². The molecule has 1 aromatic carbocycles. The second kappa shape index (κ2) is 6.43. The molecule has 6 nitrogen and oxygen atoms in total. The third kappa shape index (κ3) is 3.95. The summed E-state index contributed by atoms with van der Waals surface area (Å²) in [6, 6.07) is 7.50. The lowest BCUT2D eigenvalue weighted by atomic mass is 10.1. The van der Waals surface area contributed by atoms with E-state index < -0.39 is 5.60 Å². The average Bonchev–Trinajstić information content (AvgIpc) is 2.53. The molecule has 1 aliphatic heterocycles. The fourth-order valence-electron chi connectivity index (χ4n) is 3.04. The summed E-state index contributed by atoms with van der Waals surface area (Å²) in [4.78, 5) is 31.5. The number of hydrogen-bond acceptors (Lipinski definition) is 4. The van der Waals surface area contributed by atoms with Crippen molar-refractivity contribution in [2.75, 3.05) is 31.1 Å². The topological polar surface area (TPSA) is 65.6 Å². The Morgan fingerprint density at radius 2 is 1.80 bits per heavy atom. The van der Waals surface area contributed by atoms with Crippen molar-refractivity contribution in [1.82, 2.24) is 9.88 Å². The van der Waals surface area contributed by atoms with Crippen LogP contribution in [0.25, 0.3) is 10.9 Å². The van der Waals surface area contributed by atoms with Crippen molar-refractivity contribution in [2.45, 2.75) is 33.3 Å². The highest BCUT2D eigenvalue weighted by Crippen LogP contribution is 2.21. The Kier molecular flexibility index (Phi) is 4.45. The molecule has 134 valence electrons. The molecule has 0 spiro atoms. The van der Waals surface area contributed by atoms with Gasteiger partial charge in [-0.1, -0.05) is 0 Å². The number of nitrogens with zero attached hydrogens (tertiary/aromatic N) is 2. The molecule has 0 radical (unpaired) electrons. The van der Waals surface area contributed by atoms with Gasteiger partial charge in [0, 0.05) is 54.5 Å². The fraction of sp³-hybridized carbons (Fsp3) is 0.474. The molecule has 6 heteroatoms. The van der Waals surface area contributed by atoms with E-state index in [1.54, 1.807) is 11.0 Å². The van der Waals surface area contributed by atoms with Crippen LogP contribution < -0.4 is 10.3 Å². The quantitative estimate of drug-likeness (QED) is 0.865. The number of hydrogen-bond donors (Lipinski definition) is 1. The zero-order chi connectivity index (χ0) is 18.2. The van der Waals surface area contributed by atoms with Crippen LogP contribution in [0.3, 0.4) is 0 Å². The zero-order valence-electron chi connectivity index (χ0n) is 15.3. The van der Waals surface area contributed by atoms with Gasteiger partial charge in [0.15, 0.2) is 5.43 Å². The van der Waals surface area contributed by atoms with Crippen LogP contribution in [0.2, 0.25) is 0 Å². The lowest BCUT2D eigenvalue weighted by Crippen LogP contribution is -2.50. The minimum absolute atomic E-state index is 0.0282. The number of piperazine rings is 1. The second-order valence-corrected chi connectivity index (χ2v) is 7.50. The number of aromatic nitrogens is 1. The summed E-state index contributed by atoms with van der Waals surface area (Å²) >= 11 is 0. The number of aryl methyl sites for hydroxylation is 1. The number of amides is 1. The molecule has 1 N–H and O–H groups in total. The first-order valence-corrected chi connectivity index (χ1v) is 8.59. The van der Waals surface area contributed by atoms with Gasteiger partial charge in [-0.25, -0.2) is 4.79 Å². The Labute approximate surface area is 147 Å². The number of pyridine rings is 1. The van der Waals surface area contributed by atoms with E-state index in [2.05, 4.69) is 9.88 Å². The van der Waals surface area contributed by atoms with Gasteiger partial charge in [0.2, 0.25) is 0 Å². The van der Waals surface area contributed by atoms with Crippen molar-refractivity contribution in [2.24, 2.45) is 0 Å². The van der Waals surface area contributed by atoms with Gasteiger partial charge in [0.1, 0.15) is 5.60 Å². The van der Waals surface area contributed by atoms with Crippen molar-refractivity contribution in [3.63, 3.8) is 0 Å². The van der Waals surface area contributed by atoms with Gasteiger partial charge in [-0.2, -0.15) is 0 Å². The number of carbonyl (C=O) groups is 1. The number of benzene rings is 1. The number of ether oxygens (including phenoxy) is 1. The maximum atomic E-state index is 12.2. The van der Waals surface area contributed by atoms with Crippen LogP contribution in [0.1, 0.15) is 26.5 Å². The lowest BCUT2D eigenvalue weighted by Gasteiger charge is -2.36. The Morgan fingerprint density at radius 3 is 2.44 bits per heavy atom. The maximum Gasteiger partial charge on any atom is 0.410 e. The minimum atomic E-state index is -0.480. The van der Waals surface area contributed by atoms with Crippen LogP contribution in [0.15, 0.2) is 29.1 Å². The summed E-state index contributed by atoms with van der Waals surface area (Å²) in [5.74, 6) is 0. The number of rotatable bonds is 1. The monoisotopic (exact) mass is 343 g/mol. The van der Waals surface area contributed by atoms with Crippen molar-refractivity contribution in [3.8, 4) is 0 Å². The fourth-order valence-corrected chi connectivity index (χ4v) is 3.04. The number of fused-ring (bicyclic) bond motifs is 1. The molecule has 2 heterocycles. The molecule has 1 aliphatic rings. The molecule has 1 saturated heterocycles. The van der Waals surface area contributed by atoms with E-state index >= 15 is 0 Å². The van der Waals surface area contributed by atoms with Gasteiger partial charge in [0.05, 0.1) is 0 Å². The molecule has 0 saturated carbocycles. The third-order valence-electron chi connectivity index (χ3n) is 4.24. The average molecular weight is 343 g/mol. The number of nitrogens with one attached hydrogen (secondary N) is 1. The summed E-state index contributed by atoms with van der Waals surface area (Å²) in [5, 5.41) is 0.692. The highest BCUT2D eigenvalue weighted by Gasteiger charge is 2.26. The van der Waals surface area contributed by atoms with E-state index in [-0.39, 0.29) is 11.5 Å². The molecule has 3 rings (SSSR count). The van der Waals surface area contributed by atoms with Crippen LogP contribution >= 0.6 is 0 Å². The standard InChI is InChI=1S/C19H25N3O3/c1-13-11-17(23)15-12-14(5-6-16(15)20-13)21-7-9-22(10-8-21)18(24)25-19(2,3)4/h5-6,11-12H,7-10H2,1-4H3,(H,20,23). The summed E-state index contributed by atoms with van der Waals surface area (Å²) in [6.07, 6.45) is -0.266. The first-order chi connectivity index (χ1) is 11.7. The van der Waals surface area contributed by atoms with E-state index in [9.17, 15) is 9.59 Å². The number of anilines is 1. The molecule has 2 aromatic rings. The van der Waals surface area contributed by atoms with Crippen LogP contribution in [0.4, 0.5) is 10.5 Å². The smallest absolute Gasteiger partial charge is 0.410 e. The Bertz CT molecular complexity index is 843. The van der Waals surface area contributed by atoms with Crippen molar-refractivity contribution >= 4 is 22.7 Å². The number of aromatic amines is 1. The summed E-state index contributed by atoms with van der Waals surface area (Å²) < 4.78 is 5.43. The normalized spacial score (nSPS) is 15.5. The highest BCUT2D eigenvalue weighted by atomic mass is 16.6. The van der Waals surface area contributed by atoms with Gasteiger partial charge < -0.3 is 19.5 Å². The van der Waals surface area contributed by atoms with Gasteiger partial charge >= 0.3 is 6.09 Å². The van der Waals surface area contributed by atoms with Crippen molar-refractivity contribution < 1.29 is 9.53 Å². The van der Waals surface area contributed by atoms with Gasteiger partial charge in [-0.15, -0.1) is 0 Å². The maximum absolute atomic E-state index is 12.2. The highest BCUT2D eigenvalue weighted by molar-refractivity contribution is 5.82. The number of H-pyrrole nitrogens is 1. The molecule has 0 aliphatic carbocycles. The molecule has 1 aromatic heterocycles. The molecule has 0 atom stereocenters. The lowest BCUT2D eigenvalue weighted by molar-refractivity contribution is 0.0240. The summed E-state index contributed by atoms with van der Waals surface area (Å²) in [6.45, 7) is 10.1. The number of carbonyl (C=O) groups excluding carboxylic acids is 1. The Hall–Kier alpha value is -2.50. The van der Waals surface area contributed by atoms with Crippen molar-refractivity contribution in [1.29, 1.82) is 0 Å². The van der Waals surface area contributed by atoms with Crippen LogP contribution in [-0.2, 0) is 4.74 Å². The van der Waals surface area contributed by atoms with E-state index in [1.165, 1.54) is 0 Å².